The van der Waals surface area contributed by atoms with E-state index in [4.69, 9.17) is 9.41 Å². The Kier molecular flexibility index (Phi) is 6.74. The number of aliphatic imine (C=N–C) groups is 1. The minimum Gasteiger partial charge on any atom is -0.457 e. The molecular weight excluding hydrogens is 486 g/mol. The molecule has 3 aromatic carbocycles. The Morgan fingerprint density at radius 3 is 2.49 bits per heavy atom. The highest BCUT2D eigenvalue weighted by molar-refractivity contribution is 8.18. The number of nitro benzene ring substituents is 1. The van der Waals surface area contributed by atoms with E-state index in [2.05, 4.69) is 0 Å². The lowest BCUT2D eigenvalue weighted by molar-refractivity contribution is -0.385. The fourth-order valence-corrected chi connectivity index (χ4v) is 4.88. The maximum absolute atomic E-state index is 13.4. The van der Waals surface area contributed by atoms with Crippen molar-refractivity contribution in [3.05, 3.63) is 122 Å². The molecule has 5 rings (SSSR count). The van der Waals surface area contributed by atoms with Crippen LogP contribution in [-0.4, -0.2) is 20.9 Å². The third-order valence-corrected chi connectivity index (χ3v) is 6.93. The predicted octanol–water partition coefficient (Wildman–Crippen LogP) is 7.28. The van der Waals surface area contributed by atoms with E-state index in [0.717, 1.165) is 16.8 Å². The van der Waals surface area contributed by atoms with Crippen LogP contribution in [0.5, 0.6) is 0 Å². The number of aryl methyl sites for hydroxylation is 2. The van der Waals surface area contributed by atoms with Gasteiger partial charge in [0.1, 0.15) is 11.5 Å². The molecule has 0 bridgehead atoms. The number of hydrogen-bond donors (Lipinski definition) is 0. The van der Waals surface area contributed by atoms with Gasteiger partial charge >= 0.3 is 0 Å². The van der Waals surface area contributed by atoms with Crippen molar-refractivity contribution in [3.63, 3.8) is 0 Å². The molecule has 1 saturated heterocycles. The summed E-state index contributed by atoms with van der Waals surface area (Å²) in [6.07, 6.45) is 1.69. The second kappa shape index (κ2) is 10.3. The van der Waals surface area contributed by atoms with Crippen LogP contribution >= 0.6 is 11.8 Å². The molecule has 0 aliphatic carbocycles. The van der Waals surface area contributed by atoms with Crippen molar-refractivity contribution >= 4 is 40.3 Å². The number of carbonyl (C=O) groups excluding carboxylic acids is 1. The standard InChI is InChI=1S/C29H23N3O4S/c1-19-8-12-23(13-9-19)30-29-31(18-21-6-4-3-5-7-21)28(33)27(37-29)17-24-14-15-26(36-24)22-11-10-20(2)25(16-22)32(34)35/h3-17H,18H2,1-2H3/b27-17+,30-29?. The molecule has 0 atom stereocenters. The van der Waals surface area contributed by atoms with Crippen molar-refractivity contribution in [2.45, 2.75) is 20.4 Å². The average molecular weight is 510 g/mol. The van der Waals surface area contributed by atoms with Gasteiger partial charge in [0.2, 0.25) is 0 Å². The number of thioether (sulfide) groups is 1. The van der Waals surface area contributed by atoms with Crippen LogP contribution in [0.15, 0.2) is 99.2 Å². The van der Waals surface area contributed by atoms with Gasteiger partial charge in [0.05, 0.1) is 22.1 Å². The fraction of sp³-hybridized carbons (Fsp3) is 0.103. The van der Waals surface area contributed by atoms with Crippen LogP contribution in [0, 0.1) is 24.0 Å². The number of rotatable bonds is 6. The normalized spacial score (nSPS) is 15.6. The molecule has 37 heavy (non-hydrogen) atoms. The molecule has 2 heterocycles. The highest BCUT2D eigenvalue weighted by Gasteiger charge is 2.33. The molecule has 0 spiro atoms. The largest absolute Gasteiger partial charge is 0.457 e. The molecule has 1 fully saturated rings. The van der Waals surface area contributed by atoms with Gasteiger partial charge in [-0.05, 0) is 55.4 Å². The number of nitro groups is 1. The molecule has 1 aromatic heterocycles. The highest BCUT2D eigenvalue weighted by atomic mass is 32.2. The van der Waals surface area contributed by atoms with Gasteiger partial charge in [0.25, 0.3) is 11.6 Å². The molecule has 1 aliphatic heterocycles. The van der Waals surface area contributed by atoms with E-state index < -0.39 is 4.92 Å². The first-order chi connectivity index (χ1) is 17.9. The summed E-state index contributed by atoms with van der Waals surface area (Å²) >= 11 is 1.29. The molecule has 0 N–H and O–H groups in total. The van der Waals surface area contributed by atoms with Gasteiger partial charge in [-0.25, -0.2) is 4.99 Å². The molecule has 8 heteroatoms. The molecule has 0 saturated carbocycles. The lowest BCUT2D eigenvalue weighted by Crippen LogP contribution is -2.28. The third-order valence-electron chi connectivity index (χ3n) is 5.92. The molecule has 1 aliphatic rings. The summed E-state index contributed by atoms with van der Waals surface area (Å²) in [5, 5.41) is 11.9. The Morgan fingerprint density at radius 2 is 1.76 bits per heavy atom. The van der Waals surface area contributed by atoms with E-state index in [1.54, 1.807) is 42.2 Å². The van der Waals surface area contributed by atoms with Gasteiger partial charge in [0.15, 0.2) is 5.17 Å². The molecule has 184 valence electrons. The Labute approximate surface area is 218 Å². The Hall–Kier alpha value is -4.43. The van der Waals surface area contributed by atoms with E-state index in [9.17, 15) is 14.9 Å². The zero-order valence-corrected chi connectivity index (χ0v) is 21.1. The maximum Gasteiger partial charge on any atom is 0.273 e. The van der Waals surface area contributed by atoms with Gasteiger partial charge in [-0.3, -0.25) is 19.8 Å². The number of nitrogens with zero attached hydrogens (tertiary/aromatic N) is 3. The van der Waals surface area contributed by atoms with Crippen molar-refractivity contribution in [2.75, 3.05) is 0 Å². The van der Waals surface area contributed by atoms with E-state index in [-0.39, 0.29) is 11.6 Å². The lowest BCUT2D eigenvalue weighted by Gasteiger charge is -2.15. The molecule has 1 amide bonds. The second-order valence-corrected chi connectivity index (χ2v) is 9.69. The lowest BCUT2D eigenvalue weighted by atomic mass is 10.1. The van der Waals surface area contributed by atoms with E-state index in [0.29, 0.717) is 39.3 Å². The Balaban J connectivity index is 1.46. The monoisotopic (exact) mass is 509 g/mol. The van der Waals surface area contributed by atoms with Gasteiger partial charge < -0.3 is 4.42 Å². The third kappa shape index (κ3) is 5.39. The zero-order valence-electron chi connectivity index (χ0n) is 20.3. The first-order valence-electron chi connectivity index (χ1n) is 11.6. The minimum atomic E-state index is -0.408. The number of carbonyl (C=O) groups is 1. The SMILES string of the molecule is Cc1ccc(N=C2S/C(=C/c3ccc(-c4ccc(C)c([N+](=O)[O-])c4)o3)C(=O)N2Cc2ccccc2)cc1. The number of hydrogen-bond acceptors (Lipinski definition) is 6. The van der Waals surface area contributed by atoms with Crippen LogP contribution in [0.25, 0.3) is 17.4 Å². The van der Waals surface area contributed by atoms with Crippen LogP contribution < -0.4 is 0 Å². The van der Waals surface area contributed by atoms with E-state index >= 15 is 0 Å². The van der Waals surface area contributed by atoms with Gasteiger partial charge in [-0.1, -0.05) is 60.2 Å². The smallest absolute Gasteiger partial charge is 0.273 e. The van der Waals surface area contributed by atoms with Gasteiger partial charge in [-0.15, -0.1) is 0 Å². The Bertz CT molecular complexity index is 1540. The summed E-state index contributed by atoms with van der Waals surface area (Å²) in [6.45, 7) is 4.10. The Morgan fingerprint density at radius 1 is 1.00 bits per heavy atom. The summed E-state index contributed by atoms with van der Waals surface area (Å²) in [5.74, 6) is 0.800. The van der Waals surface area contributed by atoms with Crippen LogP contribution in [0.4, 0.5) is 11.4 Å². The van der Waals surface area contributed by atoms with E-state index in [1.165, 1.54) is 17.8 Å². The predicted molar refractivity (Wildman–Crippen MR) is 146 cm³/mol. The van der Waals surface area contributed by atoms with Gasteiger partial charge in [-0.2, -0.15) is 0 Å². The van der Waals surface area contributed by atoms with Crippen molar-refractivity contribution < 1.29 is 14.1 Å². The van der Waals surface area contributed by atoms with Crippen LogP contribution in [0.3, 0.4) is 0 Å². The first kappa shape index (κ1) is 24.3. The molecule has 0 radical (unpaired) electrons. The molecule has 0 unspecified atom stereocenters. The fourth-order valence-electron chi connectivity index (χ4n) is 3.90. The summed E-state index contributed by atoms with van der Waals surface area (Å²) in [7, 11) is 0. The highest BCUT2D eigenvalue weighted by Crippen LogP contribution is 2.36. The number of amidine groups is 1. The summed E-state index contributed by atoms with van der Waals surface area (Å²) in [6, 6.07) is 26.1. The number of amides is 1. The summed E-state index contributed by atoms with van der Waals surface area (Å²) < 4.78 is 5.95. The number of furan rings is 1. The van der Waals surface area contributed by atoms with Crippen molar-refractivity contribution in [1.29, 1.82) is 0 Å². The second-order valence-electron chi connectivity index (χ2n) is 8.68. The summed E-state index contributed by atoms with van der Waals surface area (Å²) in [4.78, 5) is 31.3. The maximum atomic E-state index is 13.4. The van der Waals surface area contributed by atoms with Crippen LogP contribution in [0.1, 0.15) is 22.5 Å². The molecule has 4 aromatic rings. The van der Waals surface area contributed by atoms with Crippen LogP contribution in [0.2, 0.25) is 0 Å². The summed E-state index contributed by atoms with van der Waals surface area (Å²) in [5.41, 5.74) is 4.10. The van der Waals surface area contributed by atoms with Crippen molar-refractivity contribution in [1.82, 2.24) is 4.90 Å². The molecule has 7 nitrogen and oxygen atoms in total. The van der Waals surface area contributed by atoms with Crippen molar-refractivity contribution in [3.8, 4) is 11.3 Å². The van der Waals surface area contributed by atoms with Crippen LogP contribution in [-0.2, 0) is 11.3 Å². The topological polar surface area (TPSA) is 89.0 Å². The van der Waals surface area contributed by atoms with Gasteiger partial charge in [0, 0.05) is 23.3 Å². The first-order valence-corrected chi connectivity index (χ1v) is 12.4. The zero-order chi connectivity index (χ0) is 25.9. The minimum absolute atomic E-state index is 0.0313. The van der Waals surface area contributed by atoms with Crippen molar-refractivity contribution in [2.24, 2.45) is 4.99 Å². The quantitative estimate of drug-likeness (QED) is 0.155. The number of benzene rings is 3. The molecular formula is C29H23N3O4S. The van der Waals surface area contributed by atoms with E-state index in [1.807, 2.05) is 61.5 Å². The average Bonchev–Trinajstić information content (AvgIpc) is 3.47.